The molecule has 0 aliphatic carbocycles. The molecule has 2 aliphatic rings. The van der Waals surface area contributed by atoms with Gasteiger partial charge in [0.05, 0.1) is 12.0 Å². The van der Waals surface area contributed by atoms with Crippen molar-refractivity contribution in [2.24, 2.45) is 11.8 Å². The first-order chi connectivity index (χ1) is 10.6. The summed E-state index contributed by atoms with van der Waals surface area (Å²) in [4.78, 5) is 26.3. The summed E-state index contributed by atoms with van der Waals surface area (Å²) >= 11 is 4.84. The van der Waals surface area contributed by atoms with Crippen LogP contribution in [0.4, 0.5) is 0 Å². The highest BCUT2D eigenvalue weighted by Gasteiger charge is 2.40. The fraction of sp³-hybridized carbons (Fsp3) is 0.600. The number of carbonyl (C=O) groups excluding carboxylic acids is 1. The van der Waals surface area contributed by atoms with Gasteiger partial charge in [-0.2, -0.15) is 0 Å². The highest BCUT2D eigenvalue weighted by molar-refractivity contribution is 9.10. The van der Waals surface area contributed by atoms with E-state index in [0.717, 1.165) is 22.2 Å². The van der Waals surface area contributed by atoms with E-state index in [-0.39, 0.29) is 17.9 Å². The van der Waals surface area contributed by atoms with Gasteiger partial charge >= 0.3 is 5.97 Å². The summed E-state index contributed by atoms with van der Waals surface area (Å²) in [5, 5.41) is 11.2. The van der Waals surface area contributed by atoms with Crippen LogP contribution in [0.2, 0.25) is 0 Å². The fourth-order valence-electron chi connectivity index (χ4n) is 3.36. The number of halogens is 1. The summed E-state index contributed by atoms with van der Waals surface area (Å²) in [6.45, 7) is 1.86. The molecule has 1 aromatic heterocycles. The number of carbonyl (C=O) groups is 2. The molecule has 0 radical (unpaired) electrons. The molecule has 2 saturated heterocycles. The minimum atomic E-state index is -0.761. The summed E-state index contributed by atoms with van der Waals surface area (Å²) in [5.41, 5.74) is 0. The Morgan fingerprint density at radius 1 is 1.32 bits per heavy atom. The summed E-state index contributed by atoms with van der Waals surface area (Å²) in [6.07, 6.45) is 2.02. The van der Waals surface area contributed by atoms with Crippen LogP contribution in [0, 0.1) is 11.8 Å². The van der Waals surface area contributed by atoms with Gasteiger partial charge in [0.15, 0.2) is 0 Å². The number of ether oxygens (including phenoxy) is 1. The first kappa shape index (κ1) is 16.0. The van der Waals surface area contributed by atoms with Crippen LogP contribution in [0.25, 0.3) is 0 Å². The predicted octanol–water partition coefficient (Wildman–Crippen LogP) is 2.85. The maximum absolute atomic E-state index is 12.5. The third kappa shape index (κ3) is 3.07. The van der Waals surface area contributed by atoms with E-state index < -0.39 is 11.9 Å². The molecule has 2 atom stereocenters. The number of rotatable bonds is 3. The van der Waals surface area contributed by atoms with Crippen molar-refractivity contribution in [3.05, 3.63) is 20.8 Å². The number of thiophene rings is 1. The smallest absolute Gasteiger partial charge is 0.309 e. The predicted molar refractivity (Wildman–Crippen MR) is 86.1 cm³/mol. The van der Waals surface area contributed by atoms with Gasteiger partial charge in [0.25, 0.3) is 5.91 Å². The number of piperidine rings is 1. The molecule has 3 rings (SSSR count). The molecule has 2 fully saturated rings. The Kier molecular flexibility index (Phi) is 4.84. The van der Waals surface area contributed by atoms with E-state index in [1.54, 1.807) is 0 Å². The number of nitrogens with zero attached hydrogens (tertiary/aromatic N) is 1. The lowest BCUT2D eigenvalue weighted by Gasteiger charge is -2.35. The SMILES string of the molecule is O=C(O)C1CCO[C@H]1C1CCN(C(=O)c2sccc2Br)CC1. The molecule has 0 bridgehead atoms. The Labute approximate surface area is 141 Å². The molecule has 3 heterocycles. The lowest BCUT2D eigenvalue weighted by atomic mass is 9.84. The van der Waals surface area contributed by atoms with Crippen molar-refractivity contribution in [2.45, 2.75) is 25.4 Å². The van der Waals surface area contributed by atoms with Crippen LogP contribution in [0.1, 0.15) is 28.9 Å². The second-order valence-electron chi connectivity index (χ2n) is 5.80. The zero-order chi connectivity index (χ0) is 15.7. The second-order valence-corrected chi connectivity index (χ2v) is 7.57. The van der Waals surface area contributed by atoms with Crippen LogP contribution >= 0.6 is 27.3 Å². The molecule has 22 heavy (non-hydrogen) atoms. The van der Waals surface area contributed by atoms with Gasteiger partial charge in [-0.1, -0.05) is 0 Å². The molecule has 0 saturated carbocycles. The van der Waals surface area contributed by atoms with E-state index in [1.807, 2.05) is 16.3 Å². The Morgan fingerprint density at radius 3 is 2.64 bits per heavy atom. The van der Waals surface area contributed by atoms with Crippen molar-refractivity contribution in [3.63, 3.8) is 0 Å². The van der Waals surface area contributed by atoms with Crippen molar-refractivity contribution in [2.75, 3.05) is 19.7 Å². The van der Waals surface area contributed by atoms with Crippen LogP contribution in [0.5, 0.6) is 0 Å². The summed E-state index contributed by atoms with van der Waals surface area (Å²) in [7, 11) is 0. The monoisotopic (exact) mass is 387 g/mol. The third-order valence-corrected chi connectivity index (χ3v) is 6.38. The van der Waals surface area contributed by atoms with Gasteiger partial charge in [-0.05, 0) is 52.6 Å². The van der Waals surface area contributed by atoms with Gasteiger partial charge in [-0.25, -0.2) is 0 Å². The first-order valence-corrected chi connectivity index (χ1v) is 9.12. The quantitative estimate of drug-likeness (QED) is 0.865. The van der Waals surface area contributed by atoms with E-state index in [1.165, 1.54) is 11.3 Å². The zero-order valence-corrected chi connectivity index (χ0v) is 14.4. The molecule has 1 unspecified atom stereocenters. The van der Waals surface area contributed by atoms with Crippen molar-refractivity contribution < 1.29 is 19.4 Å². The molecule has 1 N–H and O–H groups in total. The molecule has 1 amide bonds. The van der Waals surface area contributed by atoms with Gasteiger partial charge < -0.3 is 14.7 Å². The van der Waals surface area contributed by atoms with Gasteiger partial charge in [-0.3, -0.25) is 9.59 Å². The summed E-state index contributed by atoms with van der Waals surface area (Å²) < 4.78 is 6.51. The second kappa shape index (κ2) is 6.68. The van der Waals surface area contributed by atoms with Crippen LogP contribution in [0.15, 0.2) is 15.9 Å². The van der Waals surface area contributed by atoms with E-state index in [9.17, 15) is 14.7 Å². The maximum Gasteiger partial charge on any atom is 0.309 e. The first-order valence-electron chi connectivity index (χ1n) is 7.44. The molecular formula is C15H18BrNO4S. The van der Waals surface area contributed by atoms with Gasteiger partial charge in [0, 0.05) is 24.2 Å². The van der Waals surface area contributed by atoms with Crippen LogP contribution in [-0.2, 0) is 9.53 Å². The maximum atomic E-state index is 12.5. The van der Waals surface area contributed by atoms with Crippen LogP contribution < -0.4 is 0 Å². The van der Waals surface area contributed by atoms with Crippen molar-refractivity contribution in [1.82, 2.24) is 4.90 Å². The molecule has 1 aromatic rings. The van der Waals surface area contributed by atoms with Gasteiger partial charge in [0.2, 0.25) is 0 Å². The lowest BCUT2D eigenvalue weighted by Crippen LogP contribution is -2.43. The minimum Gasteiger partial charge on any atom is -0.481 e. The average Bonchev–Trinajstić information content (AvgIpc) is 3.15. The Bertz CT molecular complexity index is 568. The topological polar surface area (TPSA) is 66.8 Å². The average molecular weight is 388 g/mol. The number of hydrogen-bond acceptors (Lipinski definition) is 4. The number of carboxylic acid groups (broad SMARTS) is 1. The lowest BCUT2D eigenvalue weighted by molar-refractivity contribution is -0.145. The Hall–Kier alpha value is -0.920. The fourth-order valence-corrected chi connectivity index (χ4v) is 4.87. The zero-order valence-electron chi connectivity index (χ0n) is 12.0. The van der Waals surface area contributed by atoms with Crippen molar-refractivity contribution >= 4 is 39.1 Å². The standard InChI is InChI=1S/C15H18BrNO4S/c16-11-4-8-22-13(11)14(18)17-5-1-9(2-6-17)12-10(15(19)20)3-7-21-12/h4,8-10,12H,1-3,5-7H2,(H,19,20)/t10?,12-/m0/s1. The molecule has 2 aliphatic heterocycles. The van der Waals surface area contributed by atoms with Gasteiger partial charge in [-0.15, -0.1) is 11.3 Å². The summed E-state index contributed by atoms with van der Waals surface area (Å²) in [5.74, 6) is -0.857. The number of carboxylic acids is 1. The van der Waals surface area contributed by atoms with Crippen molar-refractivity contribution in [1.29, 1.82) is 0 Å². The number of aliphatic carboxylic acids is 1. The Morgan fingerprint density at radius 2 is 2.05 bits per heavy atom. The largest absolute Gasteiger partial charge is 0.481 e. The van der Waals surface area contributed by atoms with E-state index in [2.05, 4.69) is 15.9 Å². The van der Waals surface area contributed by atoms with Crippen LogP contribution in [-0.4, -0.2) is 47.7 Å². The highest BCUT2D eigenvalue weighted by Crippen LogP contribution is 2.34. The van der Waals surface area contributed by atoms with Crippen LogP contribution in [0.3, 0.4) is 0 Å². The van der Waals surface area contributed by atoms with E-state index >= 15 is 0 Å². The molecule has 0 aromatic carbocycles. The summed E-state index contributed by atoms with van der Waals surface area (Å²) in [6, 6.07) is 1.88. The Balaban J connectivity index is 1.60. The molecule has 0 spiro atoms. The van der Waals surface area contributed by atoms with Crippen molar-refractivity contribution in [3.8, 4) is 0 Å². The number of amides is 1. The highest BCUT2D eigenvalue weighted by atomic mass is 79.9. The number of hydrogen-bond donors (Lipinski definition) is 1. The molecule has 5 nitrogen and oxygen atoms in total. The normalized spacial score (nSPS) is 26.3. The molecule has 120 valence electrons. The minimum absolute atomic E-state index is 0.0578. The molecule has 7 heteroatoms. The third-order valence-electron chi connectivity index (χ3n) is 4.56. The van der Waals surface area contributed by atoms with E-state index in [4.69, 9.17) is 4.74 Å². The molecular weight excluding hydrogens is 370 g/mol. The number of likely N-dealkylation sites (tertiary alicyclic amines) is 1. The van der Waals surface area contributed by atoms with E-state index in [0.29, 0.717) is 26.1 Å². The van der Waals surface area contributed by atoms with Gasteiger partial charge in [0.1, 0.15) is 4.88 Å².